The van der Waals surface area contributed by atoms with Crippen molar-refractivity contribution in [3.05, 3.63) is 35.5 Å². The van der Waals surface area contributed by atoms with Gasteiger partial charge < -0.3 is 15.8 Å². The first kappa shape index (κ1) is 10.2. The van der Waals surface area contributed by atoms with Crippen LogP contribution in [0.5, 0.6) is 5.75 Å². The van der Waals surface area contributed by atoms with E-state index in [-0.39, 0.29) is 0 Å². The lowest BCUT2D eigenvalue weighted by molar-refractivity contribution is 0.414. The quantitative estimate of drug-likeness (QED) is 0.809. The number of methoxy groups -OCH3 is 1. The third-order valence-electron chi connectivity index (χ3n) is 3.01. The monoisotopic (exact) mass is 230 g/mol. The van der Waals surface area contributed by atoms with Gasteiger partial charge in [-0.25, -0.2) is 4.68 Å². The van der Waals surface area contributed by atoms with Gasteiger partial charge in [0.25, 0.3) is 0 Å². The van der Waals surface area contributed by atoms with Crippen molar-refractivity contribution in [3.8, 4) is 11.4 Å². The van der Waals surface area contributed by atoms with E-state index >= 15 is 0 Å². The van der Waals surface area contributed by atoms with E-state index in [1.165, 1.54) is 0 Å². The fourth-order valence-electron chi connectivity index (χ4n) is 2.14. The van der Waals surface area contributed by atoms with Gasteiger partial charge in [0.05, 0.1) is 18.5 Å². The third-order valence-corrected chi connectivity index (χ3v) is 3.01. The topological polar surface area (TPSA) is 65.1 Å². The Bertz CT molecular complexity index is 562. The maximum atomic E-state index is 5.90. The molecule has 1 aromatic carbocycles. The first-order chi connectivity index (χ1) is 8.29. The van der Waals surface area contributed by atoms with Crippen LogP contribution in [0, 0.1) is 0 Å². The van der Waals surface area contributed by atoms with Crippen LogP contribution in [0.1, 0.15) is 11.3 Å². The van der Waals surface area contributed by atoms with Crippen LogP contribution < -0.4 is 15.8 Å². The number of aromatic nitrogens is 2. The summed E-state index contributed by atoms with van der Waals surface area (Å²) in [6.45, 7) is 1.60. The van der Waals surface area contributed by atoms with Crippen LogP contribution in [-0.4, -0.2) is 16.9 Å². The summed E-state index contributed by atoms with van der Waals surface area (Å²) in [6.07, 6.45) is 0. The van der Waals surface area contributed by atoms with Gasteiger partial charge in [-0.15, -0.1) is 0 Å². The molecule has 0 atom stereocenters. The molecule has 1 aliphatic rings. The summed E-state index contributed by atoms with van der Waals surface area (Å²) in [7, 11) is 1.66. The zero-order valence-electron chi connectivity index (χ0n) is 9.60. The average Bonchev–Trinajstić information content (AvgIpc) is 2.94. The van der Waals surface area contributed by atoms with E-state index in [1.807, 2.05) is 28.9 Å². The van der Waals surface area contributed by atoms with Gasteiger partial charge in [-0.2, -0.15) is 5.10 Å². The molecule has 5 heteroatoms. The van der Waals surface area contributed by atoms with E-state index in [9.17, 15) is 0 Å². The van der Waals surface area contributed by atoms with E-state index in [0.717, 1.165) is 35.8 Å². The summed E-state index contributed by atoms with van der Waals surface area (Å²) in [5.74, 6) is 1.42. The standard InChI is InChI=1S/C12H14N4O/c1-17-9-4-2-3-8(5-9)16-11-7-14-6-10(11)12(13)15-16/h2-5,14H,6-7H2,1H3,(H2,13,15). The van der Waals surface area contributed by atoms with Crippen molar-refractivity contribution in [2.45, 2.75) is 13.1 Å². The van der Waals surface area contributed by atoms with Crippen LogP contribution >= 0.6 is 0 Å². The molecule has 88 valence electrons. The molecule has 0 radical (unpaired) electrons. The lowest BCUT2D eigenvalue weighted by Gasteiger charge is -2.07. The number of ether oxygens (including phenoxy) is 1. The lowest BCUT2D eigenvalue weighted by atomic mass is 10.2. The highest BCUT2D eigenvalue weighted by Crippen LogP contribution is 2.25. The number of nitrogens with zero attached hydrogens (tertiary/aromatic N) is 2. The number of anilines is 1. The molecule has 0 fully saturated rings. The van der Waals surface area contributed by atoms with Crippen molar-refractivity contribution in [3.63, 3.8) is 0 Å². The maximum absolute atomic E-state index is 5.90. The second kappa shape index (κ2) is 3.78. The zero-order valence-corrected chi connectivity index (χ0v) is 9.60. The van der Waals surface area contributed by atoms with Crippen LogP contribution in [0.15, 0.2) is 24.3 Å². The van der Waals surface area contributed by atoms with Gasteiger partial charge in [-0.05, 0) is 12.1 Å². The van der Waals surface area contributed by atoms with Crippen LogP contribution in [0.25, 0.3) is 5.69 Å². The Morgan fingerprint density at radius 1 is 1.41 bits per heavy atom. The Morgan fingerprint density at radius 3 is 3.12 bits per heavy atom. The summed E-state index contributed by atoms with van der Waals surface area (Å²) >= 11 is 0. The molecule has 3 N–H and O–H groups in total. The SMILES string of the molecule is COc1cccc(-n2nc(N)c3c2CNC3)c1. The van der Waals surface area contributed by atoms with E-state index in [1.54, 1.807) is 7.11 Å². The third kappa shape index (κ3) is 1.55. The van der Waals surface area contributed by atoms with E-state index in [4.69, 9.17) is 10.5 Å². The highest BCUT2D eigenvalue weighted by atomic mass is 16.5. The van der Waals surface area contributed by atoms with Gasteiger partial charge in [-0.1, -0.05) is 6.07 Å². The number of nitrogens with one attached hydrogen (secondary N) is 1. The van der Waals surface area contributed by atoms with Gasteiger partial charge in [0, 0.05) is 24.7 Å². The largest absolute Gasteiger partial charge is 0.497 e. The van der Waals surface area contributed by atoms with E-state index in [2.05, 4.69) is 10.4 Å². The minimum atomic E-state index is 0.604. The number of nitrogen functional groups attached to an aromatic ring is 1. The highest BCUT2D eigenvalue weighted by molar-refractivity contribution is 5.50. The van der Waals surface area contributed by atoms with Gasteiger partial charge in [0.1, 0.15) is 5.75 Å². The minimum absolute atomic E-state index is 0.604. The summed E-state index contributed by atoms with van der Waals surface area (Å²) < 4.78 is 7.10. The van der Waals surface area contributed by atoms with Crippen molar-refractivity contribution in [1.82, 2.24) is 15.1 Å². The molecule has 3 rings (SSSR count). The Labute approximate surface area is 99.2 Å². The van der Waals surface area contributed by atoms with Gasteiger partial charge in [0.15, 0.2) is 5.82 Å². The molecule has 17 heavy (non-hydrogen) atoms. The number of nitrogens with two attached hydrogens (primary N) is 1. The molecule has 0 saturated heterocycles. The zero-order chi connectivity index (χ0) is 11.8. The molecule has 1 aromatic heterocycles. The van der Waals surface area contributed by atoms with E-state index in [0.29, 0.717) is 5.82 Å². The van der Waals surface area contributed by atoms with E-state index < -0.39 is 0 Å². The Hall–Kier alpha value is -2.01. The minimum Gasteiger partial charge on any atom is -0.497 e. The summed E-state index contributed by atoms with van der Waals surface area (Å²) in [4.78, 5) is 0. The molecule has 0 unspecified atom stereocenters. The van der Waals surface area contributed by atoms with Gasteiger partial charge in [0.2, 0.25) is 0 Å². The van der Waals surface area contributed by atoms with Gasteiger partial charge in [-0.3, -0.25) is 0 Å². The molecule has 0 bridgehead atoms. The number of hydrogen-bond acceptors (Lipinski definition) is 4. The van der Waals surface area contributed by atoms with Crippen molar-refractivity contribution >= 4 is 5.82 Å². The molecule has 0 amide bonds. The first-order valence-electron chi connectivity index (χ1n) is 5.51. The molecular formula is C12H14N4O. The Kier molecular flexibility index (Phi) is 2.26. The molecule has 0 spiro atoms. The number of rotatable bonds is 2. The molecule has 5 nitrogen and oxygen atoms in total. The summed E-state index contributed by atoms with van der Waals surface area (Å²) in [5, 5.41) is 7.65. The van der Waals surface area contributed by atoms with Crippen molar-refractivity contribution < 1.29 is 4.74 Å². The number of hydrogen-bond donors (Lipinski definition) is 2. The summed E-state index contributed by atoms with van der Waals surface area (Å²) in [5.41, 5.74) is 9.11. The van der Waals surface area contributed by atoms with Crippen LogP contribution in [0.3, 0.4) is 0 Å². The normalized spacial score (nSPS) is 13.7. The second-order valence-electron chi connectivity index (χ2n) is 4.03. The average molecular weight is 230 g/mol. The van der Waals surface area contributed by atoms with Crippen LogP contribution in [0.2, 0.25) is 0 Å². The summed E-state index contributed by atoms with van der Waals surface area (Å²) in [6, 6.07) is 7.80. The maximum Gasteiger partial charge on any atom is 0.150 e. The first-order valence-corrected chi connectivity index (χ1v) is 5.51. The number of fused-ring (bicyclic) bond motifs is 1. The van der Waals surface area contributed by atoms with Crippen molar-refractivity contribution in [1.29, 1.82) is 0 Å². The van der Waals surface area contributed by atoms with Crippen molar-refractivity contribution in [2.24, 2.45) is 0 Å². The smallest absolute Gasteiger partial charge is 0.150 e. The molecule has 1 aliphatic heterocycles. The Morgan fingerprint density at radius 2 is 2.29 bits per heavy atom. The molecule has 2 heterocycles. The molecule has 0 aliphatic carbocycles. The van der Waals surface area contributed by atoms with Gasteiger partial charge >= 0.3 is 0 Å². The predicted octanol–water partition coefficient (Wildman–Crippen LogP) is 1.07. The fraction of sp³-hybridized carbons (Fsp3) is 0.250. The van der Waals surface area contributed by atoms with Crippen LogP contribution in [0.4, 0.5) is 5.82 Å². The van der Waals surface area contributed by atoms with Crippen LogP contribution in [-0.2, 0) is 13.1 Å². The highest BCUT2D eigenvalue weighted by Gasteiger charge is 2.21. The Balaban J connectivity index is 2.12. The fourth-order valence-corrected chi connectivity index (χ4v) is 2.14. The van der Waals surface area contributed by atoms with Crippen molar-refractivity contribution in [2.75, 3.05) is 12.8 Å². The number of benzene rings is 1. The molecule has 0 saturated carbocycles. The second-order valence-corrected chi connectivity index (χ2v) is 4.03. The molecule has 2 aromatic rings. The lowest BCUT2D eigenvalue weighted by Crippen LogP contribution is -2.08. The predicted molar refractivity (Wildman–Crippen MR) is 65.1 cm³/mol. The molecular weight excluding hydrogens is 216 g/mol.